The van der Waals surface area contributed by atoms with E-state index in [1.54, 1.807) is 0 Å². The minimum atomic E-state index is 0.0984. The summed E-state index contributed by atoms with van der Waals surface area (Å²) in [6.45, 7) is 11.3. The molecule has 0 bridgehead atoms. The standard InChI is InChI=1S/C18H26N2O/c1-5-11-19-12-18(3,4)13-21-16-8-6-7-15-10-9-14(2)20-17(15)16/h6-10,19H,5,11-13H2,1-4H3. The summed E-state index contributed by atoms with van der Waals surface area (Å²) in [4.78, 5) is 4.61. The van der Waals surface area contributed by atoms with Gasteiger partial charge in [-0.1, -0.05) is 39.0 Å². The zero-order valence-corrected chi connectivity index (χ0v) is 13.6. The van der Waals surface area contributed by atoms with Crippen LogP contribution >= 0.6 is 0 Å². The lowest BCUT2D eigenvalue weighted by Crippen LogP contribution is -2.34. The van der Waals surface area contributed by atoms with Crippen molar-refractivity contribution in [3.63, 3.8) is 0 Å². The van der Waals surface area contributed by atoms with Gasteiger partial charge in [0.25, 0.3) is 0 Å². The van der Waals surface area contributed by atoms with Crippen LogP contribution < -0.4 is 10.1 Å². The van der Waals surface area contributed by atoms with Gasteiger partial charge >= 0.3 is 0 Å². The summed E-state index contributed by atoms with van der Waals surface area (Å²) in [7, 11) is 0. The van der Waals surface area contributed by atoms with Crippen LogP contribution in [0.5, 0.6) is 5.75 Å². The molecule has 114 valence electrons. The summed E-state index contributed by atoms with van der Waals surface area (Å²) in [5, 5.41) is 4.59. The first-order valence-corrected chi connectivity index (χ1v) is 7.72. The van der Waals surface area contributed by atoms with Crippen LogP contribution in [0.25, 0.3) is 10.9 Å². The van der Waals surface area contributed by atoms with Crippen LogP contribution in [0.3, 0.4) is 0 Å². The third-order valence-electron chi connectivity index (χ3n) is 3.47. The number of nitrogens with zero attached hydrogens (tertiary/aromatic N) is 1. The number of para-hydroxylation sites is 1. The first-order chi connectivity index (χ1) is 10.0. The lowest BCUT2D eigenvalue weighted by atomic mass is 9.95. The Kier molecular flexibility index (Phi) is 5.18. The van der Waals surface area contributed by atoms with Gasteiger partial charge in [-0.25, -0.2) is 4.98 Å². The fraction of sp³-hybridized carbons (Fsp3) is 0.500. The molecule has 0 unspecified atom stereocenters. The maximum atomic E-state index is 6.07. The van der Waals surface area contributed by atoms with Crippen LogP contribution in [0.15, 0.2) is 30.3 Å². The molecule has 1 aromatic heterocycles. The Labute approximate surface area is 127 Å². The van der Waals surface area contributed by atoms with Crippen LogP contribution in [0.4, 0.5) is 0 Å². The van der Waals surface area contributed by atoms with Gasteiger partial charge in [0.2, 0.25) is 0 Å². The highest BCUT2D eigenvalue weighted by Gasteiger charge is 2.19. The monoisotopic (exact) mass is 286 g/mol. The van der Waals surface area contributed by atoms with E-state index in [0.717, 1.165) is 41.9 Å². The number of hydrogen-bond acceptors (Lipinski definition) is 3. The number of nitrogens with one attached hydrogen (secondary N) is 1. The molecule has 0 spiro atoms. The van der Waals surface area contributed by atoms with Gasteiger partial charge in [-0.3, -0.25) is 0 Å². The number of aromatic nitrogens is 1. The Bertz CT molecular complexity index is 593. The predicted molar refractivity (Wildman–Crippen MR) is 88.9 cm³/mol. The SMILES string of the molecule is CCCNCC(C)(C)COc1cccc2ccc(C)nc12. The van der Waals surface area contributed by atoms with Gasteiger partial charge in [0, 0.05) is 23.0 Å². The van der Waals surface area contributed by atoms with Gasteiger partial charge in [-0.05, 0) is 32.0 Å². The molecular formula is C18H26N2O. The minimum absolute atomic E-state index is 0.0984. The lowest BCUT2D eigenvalue weighted by Gasteiger charge is -2.25. The maximum Gasteiger partial charge on any atom is 0.145 e. The van der Waals surface area contributed by atoms with Crippen LogP contribution in [-0.2, 0) is 0 Å². The van der Waals surface area contributed by atoms with Gasteiger partial charge < -0.3 is 10.1 Å². The summed E-state index contributed by atoms with van der Waals surface area (Å²) in [5.74, 6) is 0.875. The molecule has 0 aliphatic carbocycles. The predicted octanol–water partition coefficient (Wildman–Crippen LogP) is 3.95. The summed E-state index contributed by atoms with van der Waals surface area (Å²) >= 11 is 0. The molecule has 0 atom stereocenters. The van der Waals surface area contributed by atoms with Crippen molar-refractivity contribution in [1.29, 1.82) is 0 Å². The Morgan fingerprint density at radius 1 is 1.19 bits per heavy atom. The second-order valence-corrected chi connectivity index (χ2v) is 6.41. The number of fused-ring (bicyclic) bond motifs is 1. The van der Waals surface area contributed by atoms with Crippen molar-refractivity contribution in [1.82, 2.24) is 10.3 Å². The molecule has 0 saturated carbocycles. The highest BCUT2D eigenvalue weighted by Crippen LogP contribution is 2.26. The first kappa shape index (κ1) is 15.8. The van der Waals surface area contributed by atoms with Crippen LogP contribution in [0, 0.1) is 12.3 Å². The summed E-state index contributed by atoms with van der Waals surface area (Å²) in [5.41, 5.74) is 2.07. The van der Waals surface area contributed by atoms with E-state index in [4.69, 9.17) is 4.74 Å². The molecular weight excluding hydrogens is 260 g/mol. The molecule has 1 heterocycles. The van der Waals surface area contributed by atoms with E-state index in [1.165, 1.54) is 0 Å². The van der Waals surface area contributed by atoms with Crippen LogP contribution in [0.2, 0.25) is 0 Å². The average Bonchev–Trinajstić information content (AvgIpc) is 2.45. The van der Waals surface area contributed by atoms with E-state index >= 15 is 0 Å². The molecule has 3 nitrogen and oxygen atoms in total. The van der Waals surface area contributed by atoms with E-state index in [9.17, 15) is 0 Å². The van der Waals surface area contributed by atoms with Crippen molar-refractivity contribution >= 4 is 10.9 Å². The molecule has 0 saturated heterocycles. The van der Waals surface area contributed by atoms with E-state index in [-0.39, 0.29) is 5.41 Å². The number of rotatable bonds is 7. The van der Waals surface area contributed by atoms with Crippen molar-refractivity contribution in [2.75, 3.05) is 19.7 Å². The lowest BCUT2D eigenvalue weighted by molar-refractivity contribution is 0.178. The number of pyridine rings is 1. The molecule has 0 fully saturated rings. The highest BCUT2D eigenvalue weighted by atomic mass is 16.5. The van der Waals surface area contributed by atoms with Gasteiger partial charge in [-0.15, -0.1) is 0 Å². The molecule has 0 aliphatic heterocycles. The zero-order valence-electron chi connectivity index (χ0n) is 13.6. The van der Waals surface area contributed by atoms with Crippen LogP contribution in [0.1, 0.15) is 32.9 Å². The topological polar surface area (TPSA) is 34.1 Å². The van der Waals surface area contributed by atoms with Crippen LogP contribution in [-0.4, -0.2) is 24.7 Å². The van der Waals surface area contributed by atoms with Gasteiger partial charge in [0.1, 0.15) is 11.3 Å². The van der Waals surface area contributed by atoms with Crippen molar-refractivity contribution < 1.29 is 4.74 Å². The quantitative estimate of drug-likeness (QED) is 0.783. The highest BCUT2D eigenvalue weighted by molar-refractivity contribution is 5.84. The maximum absolute atomic E-state index is 6.07. The van der Waals surface area contributed by atoms with Crippen molar-refractivity contribution in [2.24, 2.45) is 5.41 Å². The zero-order chi connectivity index (χ0) is 15.3. The van der Waals surface area contributed by atoms with Gasteiger partial charge in [0.05, 0.1) is 6.61 Å². The van der Waals surface area contributed by atoms with Crippen molar-refractivity contribution in [3.05, 3.63) is 36.0 Å². The molecule has 0 amide bonds. The third kappa shape index (κ3) is 4.43. The normalized spacial score (nSPS) is 11.8. The summed E-state index contributed by atoms with van der Waals surface area (Å²) in [6.07, 6.45) is 1.16. The molecule has 1 N–H and O–H groups in total. The Morgan fingerprint density at radius 2 is 2.00 bits per heavy atom. The number of aryl methyl sites for hydroxylation is 1. The number of hydrogen-bond donors (Lipinski definition) is 1. The Hall–Kier alpha value is -1.61. The minimum Gasteiger partial charge on any atom is -0.491 e. The molecule has 0 radical (unpaired) electrons. The van der Waals surface area contributed by atoms with Gasteiger partial charge in [-0.2, -0.15) is 0 Å². The summed E-state index contributed by atoms with van der Waals surface area (Å²) < 4.78 is 6.07. The second-order valence-electron chi connectivity index (χ2n) is 6.41. The molecule has 21 heavy (non-hydrogen) atoms. The first-order valence-electron chi connectivity index (χ1n) is 7.72. The average molecular weight is 286 g/mol. The second kappa shape index (κ2) is 6.90. The number of ether oxygens (including phenoxy) is 1. The van der Waals surface area contributed by atoms with E-state index in [0.29, 0.717) is 6.61 Å². The molecule has 1 aromatic carbocycles. The molecule has 2 rings (SSSR count). The smallest absolute Gasteiger partial charge is 0.145 e. The Morgan fingerprint density at radius 3 is 2.76 bits per heavy atom. The summed E-state index contributed by atoms with van der Waals surface area (Å²) in [6, 6.07) is 10.2. The molecule has 2 aromatic rings. The third-order valence-corrected chi connectivity index (χ3v) is 3.47. The van der Waals surface area contributed by atoms with Gasteiger partial charge in [0.15, 0.2) is 0 Å². The fourth-order valence-corrected chi connectivity index (χ4v) is 2.26. The van der Waals surface area contributed by atoms with E-state index in [1.807, 2.05) is 25.1 Å². The Balaban J connectivity index is 2.07. The van der Waals surface area contributed by atoms with E-state index in [2.05, 4.69) is 43.2 Å². The number of benzene rings is 1. The fourth-order valence-electron chi connectivity index (χ4n) is 2.26. The molecule has 0 aliphatic rings. The van der Waals surface area contributed by atoms with Crippen molar-refractivity contribution in [3.8, 4) is 5.75 Å². The van der Waals surface area contributed by atoms with E-state index < -0.39 is 0 Å². The molecule has 3 heteroatoms. The van der Waals surface area contributed by atoms with Crippen molar-refractivity contribution in [2.45, 2.75) is 34.1 Å². The largest absolute Gasteiger partial charge is 0.491 e.